The van der Waals surface area contributed by atoms with Gasteiger partial charge in [-0.05, 0) is 34.1 Å². The molecule has 0 bridgehead atoms. The number of hydrogen-bond donors (Lipinski definition) is 2. The van der Waals surface area contributed by atoms with Crippen LogP contribution < -0.4 is 11.1 Å². The average Bonchev–Trinajstić information content (AvgIpc) is 2.87. The fourth-order valence-electron chi connectivity index (χ4n) is 2.30. The van der Waals surface area contributed by atoms with E-state index in [9.17, 15) is 0 Å². The normalized spacial score (nSPS) is 11.0. The number of nitrogens with zero attached hydrogens (tertiary/aromatic N) is 3. The zero-order chi connectivity index (χ0) is 14.8. The second-order valence-corrected chi connectivity index (χ2v) is 5.80. The van der Waals surface area contributed by atoms with Crippen molar-refractivity contribution < 1.29 is 0 Å². The smallest absolute Gasteiger partial charge is 0.110 e. The van der Waals surface area contributed by atoms with E-state index >= 15 is 0 Å². The van der Waals surface area contributed by atoms with Gasteiger partial charge in [0.25, 0.3) is 0 Å². The lowest BCUT2D eigenvalue weighted by Gasteiger charge is -2.11. The third-order valence-corrected chi connectivity index (χ3v) is 3.87. The highest BCUT2D eigenvalue weighted by Crippen LogP contribution is 2.28. The number of hydrogen-bond acceptors (Lipinski definition) is 4. The summed E-state index contributed by atoms with van der Waals surface area (Å²) in [7, 11) is 2.00. The van der Waals surface area contributed by atoms with Gasteiger partial charge in [0.05, 0.1) is 11.2 Å². The summed E-state index contributed by atoms with van der Waals surface area (Å²) in [6.45, 7) is 0.793. The number of imidazole rings is 1. The number of nitrogen functional groups attached to an aromatic ring is 1. The van der Waals surface area contributed by atoms with Gasteiger partial charge in [0.2, 0.25) is 0 Å². The van der Waals surface area contributed by atoms with E-state index in [0.29, 0.717) is 0 Å². The minimum atomic E-state index is 0.730. The summed E-state index contributed by atoms with van der Waals surface area (Å²) in [5, 5.41) is 4.36. The Bertz CT molecular complexity index is 781. The molecule has 2 heterocycles. The van der Waals surface area contributed by atoms with E-state index in [1.807, 2.05) is 42.2 Å². The van der Waals surface area contributed by atoms with Crippen LogP contribution in [0.4, 0.5) is 11.4 Å². The summed E-state index contributed by atoms with van der Waals surface area (Å²) in [6, 6.07) is 5.86. The highest BCUT2D eigenvalue weighted by atomic mass is 79.9. The Balaban J connectivity index is 1.81. The average molecular weight is 346 g/mol. The van der Waals surface area contributed by atoms with E-state index in [0.717, 1.165) is 45.5 Å². The van der Waals surface area contributed by atoms with Gasteiger partial charge in [-0.1, -0.05) is 0 Å². The van der Waals surface area contributed by atoms with E-state index in [1.165, 1.54) is 0 Å². The van der Waals surface area contributed by atoms with Gasteiger partial charge >= 0.3 is 0 Å². The van der Waals surface area contributed by atoms with Gasteiger partial charge in [-0.2, -0.15) is 0 Å². The second-order valence-electron chi connectivity index (χ2n) is 4.88. The van der Waals surface area contributed by atoms with Crippen LogP contribution in [0.2, 0.25) is 0 Å². The molecule has 0 aliphatic carbocycles. The Labute approximate surface area is 131 Å². The first-order valence-electron chi connectivity index (χ1n) is 6.69. The third-order valence-electron chi connectivity index (χ3n) is 3.44. The number of pyridine rings is 1. The zero-order valence-electron chi connectivity index (χ0n) is 11.7. The van der Waals surface area contributed by atoms with Gasteiger partial charge in [-0.25, -0.2) is 4.98 Å². The Morgan fingerprint density at radius 2 is 2.19 bits per heavy atom. The number of nitrogens with one attached hydrogen (secondary N) is 1. The summed E-state index contributed by atoms with van der Waals surface area (Å²) in [5.74, 6) is 1.05. The molecule has 0 saturated heterocycles. The van der Waals surface area contributed by atoms with Crippen molar-refractivity contribution in [2.24, 2.45) is 7.05 Å². The SMILES string of the molecule is Cn1ccnc1CCNc1ccc(N)c2cc(Br)cnc12. The topological polar surface area (TPSA) is 68.8 Å². The fraction of sp³-hybridized carbons (Fsp3) is 0.200. The van der Waals surface area contributed by atoms with Gasteiger partial charge in [0.15, 0.2) is 0 Å². The molecule has 0 aliphatic rings. The molecule has 0 aliphatic heterocycles. The zero-order valence-corrected chi connectivity index (χ0v) is 13.3. The van der Waals surface area contributed by atoms with Crippen LogP contribution in [0.25, 0.3) is 10.9 Å². The molecule has 1 aromatic carbocycles. The molecule has 2 aromatic heterocycles. The fourth-order valence-corrected chi connectivity index (χ4v) is 2.64. The number of fused-ring (bicyclic) bond motifs is 1. The predicted molar refractivity (Wildman–Crippen MR) is 89.3 cm³/mol. The first-order chi connectivity index (χ1) is 10.1. The van der Waals surface area contributed by atoms with Gasteiger partial charge in [0.1, 0.15) is 5.82 Å². The van der Waals surface area contributed by atoms with E-state index in [1.54, 1.807) is 6.20 Å². The highest BCUT2D eigenvalue weighted by Gasteiger charge is 2.06. The lowest BCUT2D eigenvalue weighted by Crippen LogP contribution is -2.09. The molecular formula is C15H16BrN5. The van der Waals surface area contributed by atoms with Crippen molar-refractivity contribution in [3.05, 3.63) is 47.1 Å². The van der Waals surface area contributed by atoms with Crippen molar-refractivity contribution in [2.45, 2.75) is 6.42 Å². The molecule has 108 valence electrons. The summed E-state index contributed by atoms with van der Waals surface area (Å²) in [6.07, 6.45) is 6.40. The summed E-state index contributed by atoms with van der Waals surface area (Å²) in [4.78, 5) is 8.78. The van der Waals surface area contributed by atoms with Crippen molar-refractivity contribution in [3.63, 3.8) is 0 Å². The van der Waals surface area contributed by atoms with E-state index in [-0.39, 0.29) is 0 Å². The van der Waals surface area contributed by atoms with Crippen molar-refractivity contribution in [1.29, 1.82) is 0 Å². The van der Waals surface area contributed by atoms with Crippen LogP contribution in [0.3, 0.4) is 0 Å². The number of benzene rings is 1. The van der Waals surface area contributed by atoms with Crippen molar-refractivity contribution in [3.8, 4) is 0 Å². The number of aryl methyl sites for hydroxylation is 1. The molecule has 0 radical (unpaired) electrons. The standard InChI is InChI=1S/C15H16BrN5/c1-21-7-6-19-14(21)4-5-18-13-3-2-12(17)11-8-10(16)9-20-15(11)13/h2-3,6-9,18H,4-5,17H2,1H3. The molecular weight excluding hydrogens is 330 g/mol. The maximum absolute atomic E-state index is 6.02. The monoisotopic (exact) mass is 345 g/mol. The van der Waals surface area contributed by atoms with Crippen LogP contribution in [0.5, 0.6) is 0 Å². The number of anilines is 2. The van der Waals surface area contributed by atoms with E-state index in [4.69, 9.17) is 5.73 Å². The van der Waals surface area contributed by atoms with Crippen LogP contribution in [-0.2, 0) is 13.5 Å². The maximum atomic E-state index is 6.02. The largest absolute Gasteiger partial charge is 0.398 e. The molecule has 3 aromatic rings. The molecule has 6 heteroatoms. The Morgan fingerprint density at radius 3 is 2.95 bits per heavy atom. The number of rotatable bonds is 4. The number of nitrogens with two attached hydrogens (primary N) is 1. The molecule has 21 heavy (non-hydrogen) atoms. The van der Waals surface area contributed by atoms with Crippen LogP contribution in [0.15, 0.2) is 41.3 Å². The molecule has 3 rings (SSSR count). The summed E-state index contributed by atoms with van der Waals surface area (Å²) >= 11 is 3.43. The van der Waals surface area contributed by atoms with Crippen molar-refractivity contribution in [2.75, 3.05) is 17.6 Å². The first-order valence-corrected chi connectivity index (χ1v) is 7.48. The van der Waals surface area contributed by atoms with Crippen LogP contribution in [0.1, 0.15) is 5.82 Å². The highest BCUT2D eigenvalue weighted by molar-refractivity contribution is 9.10. The quantitative estimate of drug-likeness (QED) is 0.713. The predicted octanol–water partition coefficient (Wildman–Crippen LogP) is 2.97. The van der Waals surface area contributed by atoms with Crippen LogP contribution in [0, 0.1) is 0 Å². The van der Waals surface area contributed by atoms with Gasteiger partial charge in [-0.15, -0.1) is 0 Å². The van der Waals surface area contributed by atoms with E-state index < -0.39 is 0 Å². The second kappa shape index (κ2) is 5.73. The van der Waals surface area contributed by atoms with Crippen molar-refractivity contribution in [1.82, 2.24) is 14.5 Å². The summed E-state index contributed by atoms with van der Waals surface area (Å²) in [5.41, 5.74) is 8.62. The van der Waals surface area contributed by atoms with Crippen LogP contribution in [-0.4, -0.2) is 21.1 Å². The van der Waals surface area contributed by atoms with E-state index in [2.05, 4.69) is 31.2 Å². The molecule has 3 N–H and O–H groups in total. The lowest BCUT2D eigenvalue weighted by atomic mass is 10.1. The minimum absolute atomic E-state index is 0.730. The molecule has 0 unspecified atom stereocenters. The molecule has 5 nitrogen and oxygen atoms in total. The Morgan fingerprint density at radius 1 is 1.33 bits per heavy atom. The molecule has 0 atom stereocenters. The van der Waals surface area contributed by atoms with Gasteiger partial charge in [0, 0.05) is 54.2 Å². The molecule has 0 saturated carbocycles. The van der Waals surface area contributed by atoms with Crippen molar-refractivity contribution >= 4 is 38.2 Å². The summed E-state index contributed by atoms with van der Waals surface area (Å²) < 4.78 is 2.95. The molecule has 0 spiro atoms. The van der Waals surface area contributed by atoms with Gasteiger partial charge in [-0.3, -0.25) is 4.98 Å². The lowest BCUT2D eigenvalue weighted by molar-refractivity contribution is 0.790. The number of aromatic nitrogens is 3. The molecule has 0 fully saturated rings. The molecule has 0 amide bonds. The number of halogens is 1. The third kappa shape index (κ3) is 2.85. The Hall–Kier alpha value is -2.08. The maximum Gasteiger partial charge on any atom is 0.110 e. The van der Waals surface area contributed by atoms with Gasteiger partial charge < -0.3 is 15.6 Å². The first kappa shape index (κ1) is 13.9. The minimum Gasteiger partial charge on any atom is -0.398 e. The Kier molecular flexibility index (Phi) is 3.79. The van der Waals surface area contributed by atoms with Crippen LogP contribution >= 0.6 is 15.9 Å².